The summed E-state index contributed by atoms with van der Waals surface area (Å²) in [5.41, 5.74) is 16.5. The molecule has 16 heavy (non-hydrogen) atoms. The Morgan fingerprint density at radius 1 is 0.812 bits per heavy atom. The summed E-state index contributed by atoms with van der Waals surface area (Å²) >= 11 is 0. The van der Waals surface area contributed by atoms with E-state index in [4.69, 9.17) is 11.5 Å². The Labute approximate surface area is 95.9 Å². The zero-order valence-electron chi connectivity index (χ0n) is 9.40. The SMILES string of the molecule is Cc1ccc(Cc2ccc(N)c(N)c2)cc1. The van der Waals surface area contributed by atoms with Gasteiger partial charge in [-0.15, -0.1) is 0 Å². The van der Waals surface area contributed by atoms with Gasteiger partial charge in [0.25, 0.3) is 0 Å². The fraction of sp³-hybridized carbons (Fsp3) is 0.143. The van der Waals surface area contributed by atoms with Gasteiger partial charge in [0.05, 0.1) is 11.4 Å². The molecule has 2 nitrogen and oxygen atoms in total. The normalized spacial score (nSPS) is 10.3. The Hall–Kier alpha value is -1.96. The van der Waals surface area contributed by atoms with Gasteiger partial charge >= 0.3 is 0 Å². The van der Waals surface area contributed by atoms with Crippen LogP contribution in [-0.2, 0) is 6.42 Å². The number of rotatable bonds is 2. The lowest BCUT2D eigenvalue weighted by molar-refractivity contribution is 1.19. The third-order valence-corrected chi connectivity index (χ3v) is 2.68. The van der Waals surface area contributed by atoms with E-state index in [2.05, 4.69) is 31.2 Å². The quantitative estimate of drug-likeness (QED) is 0.752. The van der Waals surface area contributed by atoms with Crippen LogP contribution in [0.1, 0.15) is 16.7 Å². The van der Waals surface area contributed by atoms with E-state index in [1.807, 2.05) is 18.2 Å². The van der Waals surface area contributed by atoms with E-state index < -0.39 is 0 Å². The Morgan fingerprint density at radius 3 is 2.06 bits per heavy atom. The van der Waals surface area contributed by atoms with Gasteiger partial charge in [0.15, 0.2) is 0 Å². The number of benzene rings is 2. The minimum atomic E-state index is 0.646. The maximum absolute atomic E-state index is 5.77. The molecule has 0 heterocycles. The summed E-state index contributed by atoms with van der Waals surface area (Å²) in [5, 5.41) is 0. The van der Waals surface area contributed by atoms with Crippen molar-refractivity contribution in [2.24, 2.45) is 0 Å². The molecular weight excluding hydrogens is 196 g/mol. The van der Waals surface area contributed by atoms with Gasteiger partial charge in [-0.1, -0.05) is 35.9 Å². The first kappa shape index (κ1) is 10.6. The van der Waals surface area contributed by atoms with Crippen molar-refractivity contribution in [1.29, 1.82) is 0 Å². The summed E-state index contributed by atoms with van der Waals surface area (Å²) in [4.78, 5) is 0. The highest BCUT2D eigenvalue weighted by atomic mass is 14.7. The third kappa shape index (κ3) is 2.34. The van der Waals surface area contributed by atoms with Crippen molar-refractivity contribution in [3.8, 4) is 0 Å². The monoisotopic (exact) mass is 212 g/mol. The number of nitrogen functional groups attached to an aromatic ring is 2. The second kappa shape index (κ2) is 4.27. The summed E-state index contributed by atoms with van der Waals surface area (Å²) in [6.07, 6.45) is 0.894. The van der Waals surface area contributed by atoms with E-state index in [0.29, 0.717) is 11.4 Å². The molecule has 82 valence electrons. The first-order valence-corrected chi connectivity index (χ1v) is 5.34. The molecule has 2 rings (SSSR count). The predicted molar refractivity (Wildman–Crippen MR) is 69.3 cm³/mol. The third-order valence-electron chi connectivity index (χ3n) is 2.68. The number of hydrogen-bond donors (Lipinski definition) is 2. The van der Waals surface area contributed by atoms with Crippen molar-refractivity contribution in [3.05, 3.63) is 59.2 Å². The first-order valence-electron chi connectivity index (χ1n) is 5.34. The lowest BCUT2D eigenvalue weighted by Crippen LogP contribution is -1.96. The van der Waals surface area contributed by atoms with Gasteiger partial charge in [-0.05, 0) is 36.6 Å². The molecule has 0 radical (unpaired) electrons. The van der Waals surface area contributed by atoms with Crippen molar-refractivity contribution < 1.29 is 0 Å². The van der Waals surface area contributed by atoms with Gasteiger partial charge in [0.2, 0.25) is 0 Å². The number of hydrogen-bond acceptors (Lipinski definition) is 2. The Morgan fingerprint density at radius 2 is 1.44 bits per heavy atom. The largest absolute Gasteiger partial charge is 0.397 e. The average Bonchev–Trinajstić information content (AvgIpc) is 2.27. The number of anilines is 2. The summed E-state index contributed by atoms with van der Waals surface area (Å²) in [6, 6.07) is 14.3. The highest BCUT2D eigenvalue weighted by Crippen LogP contribution is 2.18. The van der Waals surface area contributed by atoms with Crippen LogP contribution in [0.2, 0.25) is 0 Å². The molecule has 0 aliphatic rings. The van der Waals surface area contributed by atoms with E-state index in [1.54, 1.807) is 0 Å². The van der Waals surface area contributed by atoms with E-state index in [0.717, 1.165) is 6.42 Å². The van der Waals surface area contributed by atoms with Crippen LogP contribution in [0.4, 0.5) is 11.4 Å². The Balaban J connectivity index is 2.20. The molecule has 0 bridgehead atoms. The molecule has 0 atom stereocenters. The van der Waals surface area contributed by atoms with Gasteiger partial charge in [0.1, 0.15) is 0 Å². The maximum atomic E-state index is 5.77. The molecule has 0 unspecified atom stereocenters. The number of nitrogens with two attached hydrogens (primary N) is 2. The van der Waals surface area contributed by atoms with Gasteiger partial charge in [-0.3, -0.25) is 0 Å². The lowest BCUT2D eigenvalue weighted by atomic mass is 10.0. The summed E-state index contributed by atoms with van der Waals surface area (Å²) in [7, 11) is 0. The molecule has 2 aromatic rings. The molecule has 0 aliphatic carbocycles. The Kier molecular flexibility index (Phi) is 2.82. The minimum absolute atomic E-state index is 0.646. The van der Waals surface area contributed by atoms with Crippen LogP contribution in [0.3, 0.4) is 0 Å². The topological polar surface area (TPSA) is 52.0 Å². The van der Waals surface area contributed by atoms with Crippen molar-refractivity contribution in [2.45, 2.75) is 13.3 Å². The Bertz CT molecular complexity index is 487. The van der Waals surface area contributed by atoms with Crippen LogP contribution < -0.4 is 11.5 Å². The maximum Gasteiger partial charge on any atom is 0.0550 e. The summed E-state index contributed by atoms with van der Waals surface area (Å²) < 4.78 is 0. The van der Waals surface area contributed by atoms with E-state index >= 15 is 0 Å². The van der Waals surface area contributed by atoms with Gasteiger partial charge in [-0.2, -0.15) is 0 Å². The summed E-state index contributed by atoms with van der Waals surface area (Å²) in [5.74, 6) is 0. The smallest absolute Gasteiger partial charge is 0.0550 e. The van der Waals surface area contributed by atoms with Gasteiger partial charge < -0.3 is 11.5 Å². The molecule has 0 saturated heterocycles. The van der Waals surface area contributed by atoms with Crippen LogP contribution in [0, 0.1) is 6.92 Å². The average molecular weight is 212 g/mol. The molecule has 0 saturated carbocycles. The number of aryl methyl sites for hydroxylation is 1. The minimum Gasteiger partial charge on any atom is -0.397 e. The second-order valence-electron chi connectivity index (χ2n) is 4.13. The van der Waals surface area contributed by atoms with Crippen LogP contribution in [0.15, 0.2) is 42.5 Å². The van der Waals surface area contributed by atoms with Gasteiger partial charge in [-0.25, -0.2) is 0 Å². The molecule has 2 heteroatoms. The van der Waals surface area contributed by atoms with E-state index in [9.17, 15) is 0 Å². The van der Waals surface area contributed by atoms with Crippen LogP contribution >= 0.6 is 0 Å². The van der Waals surface area contributed by atoms with Crippen LogP contribution in [-0.4, -0.2) is 0 Å². The van der Waals surface area contributed by atoms with Crippen LogP contribution in [0.5, 0.6) is 0 Å². The molecular formula is C14H16N2. The molecule has 0 aliphatic heterocycles. The van der Waals surface area contributed by atoms with E-state index in [-0.39, 0.29) is 0 Å². The highest BCUT2D eigenvalue weighted by Gasteiger charge is 1.99. The lowest BCUT2D eigenvalue weighted by Gasteiger charge is -2.05. The van der Waals surface area contributed by atoms with Crippen molar-refractivity contribution >= 4 is 11.4 Å². The van der Waals surface area contributed by atoms with Crippen molar-refractivity contribution in [1.82, 2.24) is 0 Å². The van der Waals surface area contributed by atoms with Crippen molar-refractivity contribution in [2.75, 3.05) is 11.5 Å². The van der Waals surface area contributed by atoms with Crippen molar-refractivity contribution in [3.63, 3.8) is 0 Å². The second-order valence-corrected chi connectivity index (χ2v) is 4.13. The fourth-order valence-corrected chi connectivity index (χ4v) is 1.68. The molecule has 0 aromatic heterocycles. The summed E-state index contributed by atoms with van der Waals surface area (Å²) in [6.45, 7) is 2.09. The zero-order chi connectivity index (χ0) is 11.5. The molecule has 2 aromatic carbocycles. The standard InChI is InChI=1S/C14H16N2/c1-10-2-4-11(5-3-10)8-12-6-7-13(15)14(16)9-12/h2-7,9H,8,15-16H2,1H3. The molecule has 0 fully saturated rings. The molecule has 4 N–H and O–H groups in total. The zero-order valence-corrected chi connectivity index (χ0v) is 9.40. The first-order chi connectivity index (χ1) is 7.65. The molecule has 0 spiro atoms. The van der Waals surface area contributed by atoms with E-state index in [1.165, 1.54) is 16.7 Å². The highest BCUT2D eigenvalue weighted by molar-refractivity contribution is 5.64. The van der Waals surface area contributed by atoms with Gasteiger partial charge in [0, 0.05) is 0 Å². The van der Waals surface area contributed by atoms with Crippen LogP contribution in [0.25, 0.3) is 0 Å². The predicted octanol–water partition coefficient (Wildman–Crippen LogP) is 2.75. The fourth-order valence-electron chi connectivity index (χ4n) is 1.68. The molecule has 0 amide bonds.